The highest BCUT2D eigenvalue weighted by atomic mass is 16.5. The SMILES string of the molecule is Nc1ccc(Oc2ncnn3cccc23)cc1. The van der Waals surface area contributed by atoms with Crippen LogP contribution in [0, 0.1) is 0 Å². The van der Waals surface area contributed by atoms with Gasteiger partial charge in [0.1, 0.15) is 17.6 Å². The van der Waals surface area contributed by atoms with E-state index in [1.165, 1.54) is 6.33 Å². The normalized spacial score (nSPS) is 10.6. The Kier molecular flexibility index (Phi) is 2.15. The van der Waals surface area contributed by atoms with E-state index in [-0.39, 0.29) is 0 Å². The molecule has 0 saturated carbocycles. The van der Waals surface area contributed by atoms with E-state index in [1.54, 1.807) is 28.8 Å². The summed E-state index contributed by atoms with van der Waals surface area (Å²) in [4.78, 5) is 4.11. The molecule has 84 valence electrons. The fourth-order valence-electron chi connectivity index (χ4n) is 1.57. The van der Waals surface area contributed by atoms with Crippen LogP contribution < -0.4 is 10.5 Å². The van der Waals surface area contributed by atoms with Crippen molar-refractivity contribution >= 4 is 11.2 Å². The lowest BCUT2D eigenvalue weighted by molar-refractivity contribution is 0.463. The number of anilines is 1. The van der Waals surface area contributed by atoms with E-state index >= 15 is 0 Å². The van der Waals surface area contributed by atoms with Crippen LogP contribution in [0.1, 0.15) is 0 Å². The van der Waals surface area contributed by atoms with Crippen LogP contribution in [0.25, 0.3) is 5.52 Å². The first kappa shape index (κ1) is 9.65. The minimum atomic E-state index is 0.523. The minimum Gasteiger partial charge on any atom is -0.437 e. The summed E-state index contributed by atoms with van der Waals surface area (Å²) in [6.45, 7) is 0. The van der Waals surface area contributed by atoms with Crippen LogP contribution in [-0.4, -0.2) is 14.6 Å². The second kappa shape index (κ2) is 3.79. The van der Waals surface area contributed by atoms with Gasteiger partial charge in [-0.05, 0) is 36.4 Å². The highest BCUT2D eigenvalue weighted by Gasteiger charge is 2.05. The second-order valence-corrected chi connectivity index (χ2v) is 3.57. The van der Waals surface area contributed by atoms with Crippen molar-refractivity contribution in [3.8, 4) is 11.6 Å². The van der Waals surface area contributed by atoms with Crippen LogP contribution >= 0.6 is 0 Å². The average molecular weight is 226 g/mol. The lowest BCUT2D eigenvalue weighted by atomic mass is 10.3. The van der Waals surface area contributed by atoms with Gasteiger partial charge >= 0.3 is 0 Å². The molecule has 3 aromatic rings. The molecule has 0 saturated heterocycles. The van der Waals surface area contributed by atoms with E-state index in [0.717, 1.165) is 5.52 Å². The smallest absolute Gasteiger partial charge is 0.247 e. The maximum absolute atomic E-state index is 5.68. The number of benzene rings is 1. The van der Waals surface area contributed by atoms with Gasteiger partial charge in [0.05, 0.1) is 0 Å². The van der Waals surface area contributed by atoms with E-state index in [4.69, 9.17) is 10.5 Å². The van der Waals surface area contributed by atoms with Gasteiger partial charge in [0.2, 0.25) is 5.88 Å². The summed E-state index contributed by atoms with van der Waals surface area (Å²) in [5.74, 6) is 1.22. The average Bonchev–Trinajstić information content (AvgIpc) is 2.81. The maximum atomic E-state index is 5.68. The number of ether oxygens (including phenoxy) is 1. The summed E-state index contributed by atoms with van der Waals surface area (Å²) in [7, 11) is 0. The summed E-state index contributed by atoms with van der Waals surface area (Å²) in [5.41, 5.74) is 7.13. The zero-order valence-corrected chi connectivity index (χ0v) is 8.95. The Morgan fingerprint density at radius 2 is 1.94 bits per heavy atom. The third-order valence-corrected chi connectivity index (χ3v) is 2.39. The van der Waals surface area contributed by atoms with Crippen molar-refractivity contribution in [3.05, 3.63) is 48.9 Å². The third kappa shape index (κ3) is 1.78. The molecule has 0 spiro atoms. The number of rotatable bonds is 2. The monoisotopic (exact) mass is 226 g/mol. The molecule has 0 radical (unpaired) electrons. The molecule has 5 heteroatoms. The van der Waals surface area contributed by atoms with E-state index in [2.05, 4.69) is 10.1 Å². The Morgan fingerprint density at radius 1 is 1.12 bits per heavy atom. The topological polar surface area (TPSA) is 65.4 Å². The molecule has 0 fully saturated rings. The molecule has 0 amide bonds. The quantitative estimate of drug-likeness (QED) is 0.679. The van der Waals surface area contributed by atoms with Gasteiger partial charge in [0, 0.05) is 11.9 Å². The van der Waals surface area contributed by atoms with E-state index in [0.29, 0.717) is 17.3 Å². The lowest BCUT2D eigenvalue weighted by Gasteiger charge is -2.05. The van der Waals surface area contributed by atoms with Crippen molar-refractivity contribution in [1.82, 2.24) is 14.6 Å². The Labute approximate surface area is 97.5 Å². The van der Waals surface area contributed by atoms with Gasteiger partial charge in [0.25, 0.3) is 0 Å². The Hall–Kier alpha value is -2.56. The molecule has 0 aliphatic heterocycles. The van der Waals surface area contributed by atoms with E-state index in [9.17, 15) is 0 Å². The van der Waals surface area contributed by atoms with Crippen molar-refractivity contribution < 1.29 is 4.74 Å². The van der Waals surface area contributed by atoms with Crippen LogP contribution in [0.4, 0.5) is 5.69 Å². The predicted molar refractivity (Wildman–Crippen MR) is 63.9 cm³/mol. The van der Waals surface area contributed by atoms with Crippen LogP contribution in [0.3, 0.4) is 0 Å². The third-order valence-electron chi connectivity index (χ3n) is 2.39. The van der Waals surface area contributed by atoms with Gasteiger partial charge in [0.15, 0.2) is 0 Å². The fourth-order valence-corrected chi connectivity index (χ4v) is 1.57. The molecule has 2 aromatic heterocycles. The van der Waals surface area contributed by atoms with Crippen LogP contribution in [0.15, 0.2) is 48.9 Å². The second-order valence-electron chi connectivity index (χ2n) is 3.57. The lowest BCUT2D eigenvalue weighted by Crippen LogP contribution is -1.95. The summed E-state index contributed by atoms with van der Waals surface area (Å²) in [6, 6.07) is 11.0. The van der Waals surface area contributed by atoms with Crippen molar-refractivity contribution in [2.45, 2.75) is 0 Å². The number of hydrogen-bond acceptors (Lipinski definition) is 4. The summed E-state index contributed by atoms with van der Waals surface area (Å²) < 4.78 is 7.39. The molecule has 0 atom stereocenters. The first-order valence-corrected chi connectivity index (χ1v) is 5.15. The largest absolute Gasteiger partial charge is 0.437 e. The van der Waals surface area contributed by atoms with Gasteiger partial charge in [-0.25, -0.2) is 4.52 Å². The number of aromatic nitrogens is 3. The fraction of sp³-hybridized carbons (Fsp3) is 0. The Morgan fingerprint density at radius 3 is 2.76 bits per heavy atom. The van der Waals surface area contributed by atoms with Crippen LogP contribution in [0.5, 0.6) is 11.6 Å². The van der Waals surface area contributed by atoms with Gasteiger partial charge in [-0.15, -0.1) is 0 Å². The highest BCUT2D eigenvalue weighted by Crippen LogP contribution is 2.23. The highest BCUT2D eigenvalue weighted by molar-refractivity contribution is 5.56. The molecule has 0 aliphatic rings. The molecule has 17 heavy (non-hydrogen) atoms. The van der Waals surface area contributed by atoms with Gasteiger partial charge in [-0.1, -0.05) is 0 Å². The number of hydrogen-bond donors (Lipinski definition) is 1. The molecular formula is C12H10N4O. The molecule has 0 aliphatic carbocycles. The molecule has 5 nitrogen and oxygen atoms in total. The van der Waals surface area contributed by atoms with Gasteiger partial charge in [-0.2, -0.15) is 10.1 Å². The van der Waals surface area contributed by atoms with Crippen molar-refractivity contribution in [2.75, 3.05) is 5.73 Å². The molecule has 3 rings (SSSR count). The van der Waals surface area contributed by atoms with Gasteiger partial charge in [-0.3, -0.25) is 0 Å². The summed E-state index contributed by atoms with van der Waals surface area (Å²) in [6.07, 6.45) is 3.30. The Bertz CT molecular complexity index is 645. The molecule has 2 heterocycles. The van der Waals surface area contributed by atoms with Crippen molar-refractivity contribution in [1.29, 1.82) is 0 Å². The predicted octanol–water partition coefficient (Wildman–Crippen LogP) is 2.10. The summed E-state index contributed by atoms with van der Waals surface area (Å²) >= 11 is 0. The maximum Gasteiger partial charge on any atom is 0.247 e. The molecule has 2 N–H and O–H groups in total. The molecule has 0 bridgehead atoms. The first-order valence-electron chi connectivity index (χ1n) is 5.15. The molecule has 0 unspecified atom stereocenters. The minimum absolute atomic E-state index is 0.523. The molecule has 1 aromatic carbocycles. The number of fused-ring (bicyclic) bond motifs is 1. The zero-order valence-electron chi connectivity index (χ0n) is 8.95. The van der Waals surface area contributed by atoms with E-state index in [1.807, 2.05) is 18.3 Å². The number of nitrogens with two attached hydrogens (primary N) is 1. The van der Waals surface area contributed by atoms with Crippen LogP contribution in [-0.2, 0) is 0 Å². The number of nitrogen functional groups attached to an aromatic ring is 1. The van der Waals surface area contributed by atoms with Crippen LogP contribution in [0.2, 0.25) is 0 Å². The molecular weight excluding hydrogens is 216 g/mol. The standard InChI is InChI=1S/C12H10N4O/c13-9-3-5-10(6-4-9)17-12-11-2-1-7-16(11)15-8-14-12/h1-8H,13H2. The zero-order chi connectivity index (χ0) is 11.7. The first-order chi connectivity index (χ1) is 8.33. The van der Waals surface area contributed by atoms with Gasteiger partial charge < -0.3 is 10.5 Å². The van der Waals surface area contributed by atoms with Crippen molar-refractivity contribution in [3.63, 3.8) is 0 Å². The number of nitrogens with zero attached hydrogens (tertiary/aromatic N) is 3. The Balaban J connectivity index is 1.99. The summed E-state index contributed by atoms with van der Waals surface area (Å²) in [5, 5.41) is 4.06. The van der Waals surface area contributed by atoms with E-state index < -0.39 is 0 Å². The van der Waals surface area contributed by atoms with Crippen molar-refractivity contribution in [2.24, 2.45) is 0 Å².